The van der Waals surface area contributed by atoms with Crippen molar-refractivity contribution < 1.29 is 19.4 Å². The molecule has 2 aromatic rings. The molecule has 1 amide bonds. The molecule has 0 saturated heterocycles. The molecular weight excluding hydrogens is 294 g/mol. The van der Waals surface area contributed by atoms with Crippen LogP contribution in [-0.4, -0.2) is 23.0 Å². The van der Waals surface area contributed by atoms with Crippen LogP contribution in [0.5, 0.6) is 11.5 Å². The van der Waals surface area contributed by atoms with Gasteiger partial charge in [0.05, 0.1) is 0 Å². The highest BCUT2D eigenvalue weighted by Crippen LogP contribution is 2.48. The fourth-order valence-electron chi connectivity index (χ4n) is 3.11. The van der Waals surface area contributed by atoms with Gasteiger partial charge in [0, 0.05) is 22.6 Å². The Balaban J connectivity index is 0.000000753. The van der Waals surface area contributed by atoms with Crippen LogP contribution in [0.15, 0.2) is 55.6 Å². The van der Waals surface area contributed by atoms with E-state index in [0.717, 1.165) is 5.56 Å². The first-order chi connectivity index (χ1) is 11.2. The number of carboxylic acid groups (broad SMARTS) is 1. The highest BCUT2D eigenvalue weighted by molar-refractivity contribution is 6.02. The van der Waals surface area contributed by atoms with Gasteiger partial charge in [-0.2, -0.15) is 0 Å². The molecule has 2 N–H and O–H groups in total. The maximum absolute atomic E-state index is 12.1. The van der Waals surface area contributed by atoms with Gasteiger partial charge < -0.3 is 15.2 Å². The molecule has 0 bridgehead atoms. The zero-order chi connectivity index (χ0) is 16.6. The number of benzene rings is 2. The van der Waals surface area contributed by atoms with Gasteiger partial charge in [-0.15, -0.1) is 13.2 Å². The van der Waals surface area contributed by atoms with E-state index in [0.29, 0.717) is 22.6 Å². The Labute approximate surface area is 133 Å². The molecule has 0 fully saturated rings. The molecule has 2 heterocycles. The molecule has 23 heavy (non-hydrogen) atoms. The molecule has 0 aromatic heterocycles. The highest BCUT2D eigenvalue weighted by Gasteiger charge is 2.44. The monoisotopic (exact) mass is 309 g/mol. The summed E-state index contributed by atoms with van der Waals surface area (Å²) in [5, 5.41) is 12.0. The lowest BCUT2D eigenvalue weighted by atomic mass is 9.77. The molecule has 116 valence electrons. The predicted molar refractivity (Wildman–Crippen MR) is 84.9 cm³/mol. The van der Waals surface area contributed by atoms with Crippen LogP contribution < -0.4 is 10.1 Å². The molecule has 0 radical (unpaired) electrons. The molecule has 2 aliphatic rings. The number of amides is 1. The van der Waals surface area contributed by atoms with Gasteiger partial charge in [0.25, 0.3) is 5.91 Å². The van der Waals surface area contributed by atoms with Crippen LogP contribution in [-0.2, 0) is 4.79 Å². The largest absolute Gasteiger partial charge is 0.480 e. The van der Waals surface area contributed by atoms with E-state index in [1.807, 2.05) is 18.2 Å². The van der Waals surface area contributed by atoms with Gasteiger partial charge in [0.1, 0.15) is 17.5 Å². The van der Waals surface area contributed by atoms with Crippen molar-refractivity contribution in [2.24, 2.45) is 0 Å². The molecule has 0 spiro atoms. The number of fused-ring (bicyclic) bond motifs is 2. The lowest BCUT2D eigenvalue weighted by Crippen LogP contribution is -2.50. The van der Waals surface area contributed by atoms with E-state index in [2.05, 4.69) is 18.5 Å². The summed E-state index contributed by atoms with van der Waals surface area (Å²) in [6.07, 6.45) is 0. The minimum Gasteiger partial charge on any atom is -0.480 e. The topological polar surface area (TPSA) is 75.6 Å². The van der Waals surface area contributed by atoms with Crippen molar-refractivity contribution in [1.82, 2.24) is 5.32 Å². The summed E-state index contributed by atoms with van der Waals surface area (Å²) in [5.41, 5.74) is 1.92. The summed E-state index contributed by atoms with van der Waals surface area (Å²) < 4.78 is 5.83. The summed E-state index contributed by atoms with van der Waals surface area (Å²) in [5.74, 6) is -0.674. The van der Waals surface area contributed by atoms with Gasteiger partial charge in [0.2, 0.25) is 0 Å². The minimum atomic E-state index is -1.05. The Hall–Kier alpha value is -3.08. The van der Waals surface area contributed by atoms with Crippen LogP contribution in [0.2, 0.25) is 0 Å². The molecular formula is C18H15NO4. The summed E-state index contributed by atoms with van der Waals surface area (Å²) in [6, 6.07) is 11.5. The second-order valence-corrected chi connectivity index (χ2v) is 5.12. The van der Waals surface area contributed by atoms with Crippen LogP contribution in [0.25, 0.3) is 0 Å². The Morgan fingerprint density at radius 2 is 1.78 bits per heavy atom. The van der Waals surface area contributed by atoms with Crippen molar-refractivity contribution in [3.8, 4) is 11.5 Å². The van der Waals surface area contributed by atoms with Gasteiger partial charge in [0.15, 0.2) is 0 Å². The molecule has 5 heteroatoms. The van der Waals surface area contributed by atoms with Gasteiger partial charge >= 0.3 is 5.97 Å². The fraction of sp³-hybridized carbons (Fsp3) is 0.111. The molecule has 4 rings (SSSR count). The van der Waals surface area contributed by atoms with Crippen molar-refractivity contribution in [3.05, 3.63) is 72.3 Å². The Morgan fingerprint density at radius 1 is 1.09 bits per heavy atom. The molecule has 5 nitrogen and oxygen atoms in total. The number of hydrogen-bond donors (Lipinski definition) is 2. The number of aliphatic carboxylic acids is 1. The number of carboxylic acids is 1. The molecule has 2 atom stereocenters. The van der Waals surface area contributed by atoms with E-state index in [9.17, 15) is 14.7 Å². The Kier molecular flexibility index (Phi) is 3.62. The number of para-hydroxylation sites is 1. The van der Waals surface area contributed by atoms with Crippen LogP contribution >= 0.6 is 0 Å². The third-order valence-electron chi connectivity index (χ3n) is 3.98. The number of nitrogens with one attached hydrogen (secondary N) is 1. The molecule has 2 aliphatic heterocycles. The number of carbonyl (C=O) groups is 2. The van der Waals surface area contributed by atoms with Crippen LogP contribution in [0.3, 0.4) is 0 Å². The van der Waals surface area contributed by atoms with Gasteiger partial charge in [-0.25, -0.2) is 4.79 Å². The minimum absolute atomic E-state index is 0.376. The van der Waals surface area contributed by atoms with Crippen molar-refractivity contribution >= 4 is 11.9 Å². The van der Waals surface area contributed by atoms with Crippen LogP contribution in [0.4, 0.5) is 0 Å². The second-order valence-electron chi connectivity index (χ2n) is 5.12. The number of ether oxygens (including phenoxy) is 1. The van der Waals surface area contributed by atoms with E-state index >= 15 is 0 Å². The van der Waals surface area contributed by atoms with Crippen LogP contribution in [0, 0.1) is 0 Å². The summed E-state index contributed by atoms with van der Waals surface area (Å²) in [6.45, 7) is 6.00. The number of carbonyl (C=O) groups excluding carboxylic acids is 1. The normalized spacial score (nSPS) is 19.9. The second kappa shape index (κ2) is 5.61. The summed E-state index contributed by atoms with van der Waals surface area (Å²) in [4.78, 5) is 23.7. The molecule has 2 unspecified atom stereocenters. The Morgan fingerprint density at radius 3 is 2.52 bits per heavy atom. The number of rotatable bonds is 1. The third-order valence-corrected chi connectivity index (χ3v) is 3.98. The highest BCUT2D eigenvalue weighted by atomic mass is 16.5. The van der Waals surface area contributed by atoms with Crippen LogP contribution in [0.1, 0.15) is 27.4 Å². The Bertz CT molecular complexity index is 799. The first kappa shape index (κ1) is 14.8. The fourth-order valence-corrected chi connectivity index (χ4v) is 3.11. The van der Waals surface area contributed by atoms with Gasteiger partial charge in [-0.05, 0) is 18.2 Å². The van der Waals surface area contributed by atoms with Crippen molar-refractivity contribution in [2.45, 2.75) is 12.0 Å². The zero-order valence-electron chi connectivity index (χ0n) is 12.3. The van der Waals surface area contributed by atoms with E-state index in [1.165, 1.54) is 0 Å². The lowest BCUT2D eigenvalue weighted by molar-refractivity contribution is -0.139. The lowest BCUT2D eigenvalue weighted by Gasteiger charge is -2.36. The van der Waals surface area contributed by atoms with E-state index in [1.54, 1.807) is 24.3 Å². The number of hydrogen-bond acceptors (Lipinski definition) is 3. The predicted octanol–water partition coefficient (Wildman–Crippen LogP) is 2.92. The quantitative estimate of drug-likeness (QED) is 0.794. The third kappa shape index (κ3) is 2.17. The maximum Gasteiger partial charge on any atom is 0.327 e. The van der Waals surface area contributed by atoms with Crippen molar-refractivity contribution in [2.75, 3.05) is 0 Å². The first-order valence-corrected chi connectivity index (χ1v) is 7.10. The average Bonchev–Trinajstić information content (AvgIpc) is 2.58. The van der Waals surface area contributed by atoms with E-state index in [-0.39, 0.29) is 5.91 Å². The SMILES string of the molecule is C=C.O=C1NC(C(=O)O)C2c3ccccc3Oc3cccc1c32. The van der Waals surface area contributed by atoms with Crippen molar-refractivity contribution in [1.29, 1.82) is 0 Å². The molecule has 0 saturated carbocycles. The molecule has 0 aliphatic carbocycles. The average molecular weight is 309 g/mol. The standard InChI is InChI=1S/C16H11NO4.C2H4/c18-15-9-5-3-7-11-12(9)13(14(17-15)16(19)20)8-4-1-2-6-10(8)21-11;1-2/h1-7,13-14H,(H,17,18)(H,19,20);1-2H2. The summed E-state index contributed by atoms with van der Waals surface area (Å²) >= 11 is 0. The van der Waals surface area contributed by atoms with E-state index in [4.69, 9.17) is 4.74 Å². The van der Waals surface area contributed by atoms with Gasteiger partial charge in [-0.1, -0.05) is 24.3 Å². The van der Waals surface area contributed by atoms with Crippen molar-refractivity contribution in [3.63, 3.8) is 0 Å². The van der Waals surface area contributed by atoms with E-state index < -0.39 is 17.9 Å². The van der Waals surface area contributed by atoms with Gasteiger partial charge in [-0.3, -0.25) is 4.79 Å². The maximum atomic E-state index is 12.1. The molecule has 2 aromatic carbocycles. The first-order valence-electron chi connectivity index (χ1n) is 7.10. The smallest absolute Gasteiger partial charge is 0.327 e. The zero-order valence-corrected chi connectivity index (χ0v) is 12.3. The summed E-state index contributed by atoms with van der Waals surface area (Å²) in [7, 11) is 0.